The van der Waals surface area contributed by atoms with Crippen LogP contribution in [0.1, 0.15) is 62.7 Å². The molecule has 140 valence electrons. The number of rotatable bonds is 3. The number of hydrogen-bond donors (Lipinski definition) is 2. The quantitative estimate of drug-likeness (QED) is 0.792. The molecule has 8 nitrogen and oxygen atoms in total. The van der Waals surface area contributed by atoms with Gasteiger partial charge in [0.05, 0.1) is 12.2 Å². The largest absolute Gasteiger partial charge is 0.347 e. The van der Waals surface area contributed by atoms with Crippen molar-refractivity contribution in [2.45, 2.75) is 69.5 Å². The van der Waals surface area contributed by atoms with Gasteiger partial charge in [-0.2, -0.15) is 5.10 Å². The number of nitrogens with zero attached hydrogens (tertiary/aromatic N) is 3. The van der Waals surface area contributed by atoms with Gasteiger partial charge >= 0.3 is 6.03 Å². The van der Waals surface area contributed by atoms with Gasteiger partial charge in [-0.1, -0.05) is 12.8 Å². The molecule has 3 aliphatic rings. The predicted octanol–water partition coefficient (Wildman–Crippen LogP) is 1.17. The van der Waals surface area contributed by atoms with E-state index in [1.165, 1.54) is 0 Å². The van der Waals surface area contributed by atoms with Crippen molar-refractivity contribution in [1.29, 1.82) is 0 Å². The normalized spacial score (nSPS) is 25.3. The van der Waals surface area contributed by atoms with Crippen LogP contribution in [0.4, 0.5) is 4.79 Å². The third-order valence-electron chi connectivity index (χ3n) is 6.11. The van der Waals surface area contributed by atoms with Crippen LogP contribution in [-0.2, 0) is 23.1 Å². The molecule has 4 amide bonds. The molecule has 26 heavy (non-hydrogen) atoms. The molecule has 2 heterocycles. The van der Waals surface area contributed by atoms with Gasteiger partial charge in [0.15, 0.2) is 0 Å². The van der Waals surface area contributed by atoms with Crippen molar-refractivity contribution in [3.05, 3.63) is 17.5 Å². The van der Waals surface area contributed by atoms with Crippen LogP contribution in [0.25, 0.3) is 0 Å². The zero-order valence-electron chi connectivity index (χ0n) is 15.2. The lowest BCUT2D eigenvalue weighted by molar-refractivity contribution is -0.138. The molecular formula is C18H25N5O3. The Balaban J connectivity index is 1.49. The summed E-state index contributed by atoms with van der Waals surface area (Å²) in [5, 5.41) is 10.1. The van der Waals surface area contributed by atoms with Crippen LogP contribution in [0.2, 0.25) is 0 Å². The third-order valence-corrected chi connectivity index (χ3v) is 6.11. The zero-order chi connectivity index (χ0) is 18.5. The second-order valence-corrected chi connectivity index (χ2v) is 7.69. The van der Waals surface area contributed by atoms with E-state index in [0.29, 0.717) is 12.8 Å². The summed E-state index contributed by atoms with van der Waals surface area (Å²) in [4.78, 5) is 39.1. The van der Waals surface area contributed by atoms with Crippen molar-refractivity contribution in [2.75, 3.05) is 0 Å². The second-order valence-electron chi connectivity index (χ2n) is 7.69. The molecule has 1 aromatic heterocycles. The number of amides is 4. The van der Waals surface area contributed by atoms with Crippen LogP contribution >= 0.6 is 0 Å². The number of hydrogen-bond acceptors (Lipinski definition) is 4. The summed E-state index contributed by atoms with van der Waals surface area (Å²) < 4.78 is 1.85. The molecule has 1 aliphatic heterocycles. The number of urea groups is 1. The van der Waals surface area contributed by atoms with Gasteiger partial charge in [-0.15, -0.1) is 0 Å². The molecule has 8 heteroatoms. The number of fused-ring (bicyclic) bond motifs is 1. The van der Waals surface area contributed by atoms with Gasteiger partial charge in [-0.25, -0.2) is 9.69 Å². The first kappa shape index (κ1) is 17.1. The monoisotopic (exact) mass is 359 g/mol. The van der Waals surface area contributed by atoms with Crippen molar-refractivity contribution in [1.82, 2.24) is 25.3 Å². The zero-order valence-corrected chi connectivity index (χ0v) is 15.2. The molecule has 2 N–H and O–H groups in total. The van der Waals surface area contributed by atoms with E-state index < -0.39 is 17.6 Å². The molecule has 2 unspecified atom stereocenters. The molecule has 2 atom stereocenters. The molecule has 2 fully saturated rings. The smallest absolute Gasteiger partial charge is 0.325 e. The molecule has 0 aromatic carbocycles. The molecule has 0 bridgehead atoms. The van der Waals surface area contributed by atoms with Crippen LogP contribution in [0.15, 0.2) is 6.20 Å². The fourth-order valence-corrected chi connectivity index (χ4v) is 4.58. The SMILES string of the molecule is CC(C(=O)NC1CCCc2c1cnn2C)N1C(=O)NC2(CCCC2)C1=O. The first-order valence-corrected chi connectivity index (χ1v) is 9.40. The molecular weight excluding hydrogens is 334 g/mol. The highest BCUT2D eigenvalue weighted by atomic mass is 16.2. The Hall–Kier alpha value is -2.38. The summed E-state index contributed by atoms with van der Waals surface area (Å²) >= 11 is 0. The first-order chi connectivity index (χ1) is 12.4. The van der Waals surface area contributed by atoms with Crippen molar-refractivity contribution >= 4 is 17.8 Å². The Morgan fingerprint density at radius 2 is 2.08 bits per heavy atom. The van der Waals surface area contributed by atoms with Crippen molar-refractivity contribution < 1.29 is 14.4 Å². The molecule has 4 rings (SSSR count). The van der Waals surface area contributed by atoms with Gasteiger partial charge in [-0.3, -0.25) is 14.3 Å². The maximum absolute atomic E-state index is 12.8. The third kappa shape index (κ3) is 2.50. The standard InChI is InChI=1S/C18H25N5O3/c1-11(23-16(25)18(21-17(23)26)8-3-4-9-18)15(24)20-13-6-5-7-14-12(13)10-19-22(14)2/h10-11,13H,3-9H2,1-2H3,(H,20,24)(H,21,26). The van der Waals surface area contributed by atoms with E-state index in [9.17, 15) is 14.4 Å². The molecule has 1 aromatic rings. The van der Waals surface area contributed by atoms with E-state index in [1.807, 2.05) is 11.7 Å². The van der Waals surface area contributed by atoms with Gasteiger partial charge in [0.1, 0.15) is 11.6 Å². The number of carbonyl (C=O) groups is 3. The molecule has 1 saturated heterocycles. The lowest BCUT2D eigenvalue weighted by Gasteiger charge is -2.28. The summed E-state index contributed by atoms with van der Waals surface area (Å²) in [5.74, 6) is -0.557. The van der Waals surface area contributed by atoms with Crippen molar-refractivity contribution in [2.24, 2.45) is 7.05 Å². The Morgan fingerprint density at radius 3 is 2.81 bits per heavy atom. The van der Waals surface area contributed by atoms with Gasteiger partial charge < -0.3 is 10.6 Å². The van der Waals surface area contributed by atoms with Gasteiger partial charge in [0.25, 0.3) is 5.91 Å². The van der Waals surface area contributed by atoms with Gasteiger partial charge in [0.2, 0.25) is 5.91 Å². The minimum Gasteiger partial charge on any atom is -0.347 e. The van der Waals surface area contributed by atoms with Crippen LogP contribution in [0.5, 0.6) is 0 Å². The van der Waals surface area contributed by atoms with E-state index in [1.54, 1.807) is 13.1 Å². The Labute approximate surface area is 152 Å². The number of aryl methyl sites for hydroxylation is 1. The van der Waals surface area contributed by atoms with Crippen LogP contribution in [0, 0.1) is 0 Å². The average molecular weight is 359 g/mol. The summed E-state index contributed by atoms with van der Waals surface area (Å²) in [5.41, 5.74) is 1.38. The molecule has 0 radical (unpaired) electrons. The highest BCUT2D eigenvalue weighted by Crippen LogP contribution is 2.36. The van der Waals surface area contributed by atoms with Crippen molar-refractivity contribution in [3.63, 3.8) is 0 Å². The van der Waals surface area contributed by atoms with E-state index in [-0.39, 0.29) is 17.9 Å². The van der Waals surface area contributed by atoms with E-state index >= 15 is 0 Å². The summed E-state index contributed by atoms with van der Waals surface area (Å²) in [7, 11) is 1.90. The fourth-order valence-electron chi connectivity index (χ4n) is 4.58. The fraction of sp³-hybridized carbons (Fsp3) is 0.667. The Bertz CT molecular complexity index is 765. The van der Waals surface area contributed by atoms with E-state index in [0.717, 1.165) is 48.3 Å². The predicted molar refractivity (Wildman–Crippen MR) is 93.1 cm³/mol. The average Bonchev–Trinajstić information content (AvgIpc) is 3.29. The maximum Gasteiger partial charge on any atom is 0.325 e. The molecule has 1 spiro atoms. The Morgan fingerprint density at radius 1 is 1.35 bits per heavy atom. The number of imide groups is 1. The molecule has 1 saturated carbocycles. The topological polar surface area (TPSA) is 96.3 Å². The van der Waals surface area contributed by atoms with Crippen LogP contribution in [0.3, 0.4) is 0 Å². The summed E-state index contributed by atoms with van der Waals surface area (Å²) in [6.07, 6.45) is 7.71. The number of nitrogens with one attached hydrogen (secondary N) is 2. The minimum absolute atomic E-state index is 0.122. The number of carbonyl (C=O) groups excluding carboxylic acids is 3. The van der Waals surface area contributed by atoms with Gasteiger partial charge in [0, 0.05) is 18.3 Å². The highest BCUT2D eigenvalue weighted by molar-refractivity contribution is 6.10. The second kappa shape index (κ2) is 6.10. The van der Waals surface area contributed by atoms with Crippen LogP contribution in [-0.4, -0.2) is 44.1 Å². The maximum atomic E-state index is 12.8. The lowest BCUT2D eigenvalue weighted by Crippen LogP contribution is -2.50. The van der Waals surface area contributed by atoms with E-state index in [2.05, 4.69) is 15.7 Å². The van der Waals surface area contributed by atoms with Crippen molar-refractivity contribution in [3.8, 4) is 0 Å². The minimum atomic E-state index is -0.829. The lowest BCUT2D eigenvalue weighted by atomic mass is 9.92. The van der Waals surface area contributed by atoms with Crippen LogP contribution < -0.4 is 10.6 Å². The first-order valence-electron chi connectivity index (χ1n) is 9.40. The van der Waals surface area contributed by atoms with E-state index in [4.69, 9.17) is 0 Å². The van der Waals surface area contributed by atoms with Gasteiger partial charge in [-0.05, 0) is 39.0 Å². The highest BCUT2D eigenvalue weighted by Gasteiger charge is 2.54. The Kier molecular flexibility index (Phi) is 4.00. The summed E-state index contributed by atoms with van der Waals surface area (Å²) in [6.45, 7) is 1.62. The summed E-state index contributed by atoms with van der Waals surface area (Å²) in [6, 6.07) is -1.40. The number of aromatic nitrogens is 2. The molecule has 2 aliphatic carbocycles.